The van der Waals surface area contributed by atoms with Crippen LogP contribution in [0.25, 0.3) is 5.65 Å². The molecular formula is C4H4N6O. The summed E-state index contributed by atoms with van der Waals surface area (Å²) in [6.45, 7) is 1.71. The molecule has 2 heterocycles. The minimum Gasteiger partial charge on any atom is -0.244 e. The van der Waals surface area contributed by atoms with Gasteiger partial charge in [0.1, 0.15) is 5.69 Å². The van der Waals surface area contributed by atoms with Gasteiger partial charge in [0.25, 0.3) is 0 Å². The van der Waals surface area contributed by atoms with Gasteiger partial charge in [0.05, 0.1) is 0 Å². The van der Waals surface area contributed by atoms with Gasteiger partial charge in [0.15, 0.2) is 0 Å². The average molecular weight is 152 g/mol. The molecule has 0 aliphatic carbocycles. The molecule has 0 unspecified atom stereocenters. The van der Waals surface area contributed by atoms with Crippen LogP contribution in [0.5, 0.6) is 0 Å². The minimum atomic E-state index is -0.435. The van der Waals surface area contributed by atoms with Crippen molar-refractivity contribution in [1.29, 1.82) is 0 Å². The molecule has 0 bridgehead atoms. The Morgan fingerprint density at radius 2 is 2.36 bits per heavy atom. The molecule has 7 nitrogen and oxygen atoms in total. The van der Waals surface area contributed by atoms with E-state index in [2.05, 4.69) is 25.7 Å². The van der Waals surface area contributed by atoms with Crippen LogP contribution in [0.1, 0.15) is 5.69 Å². The topological polar surface area (TPSA) is 88.8 Å². The van der Waals surface area contributed by atoms with Crippen molar-refractivity contribution in [3.05, 3.63) is 16.2 Å². The van der Waals surface area contributed by atoms with Crippen molar-refractivity contribution >= 4 is 5.65 Å². The van der Waals surface area contributed by atoms with E-state index in [0.29, 0.717) is 11.3 Å². The van der Waals surface area contributed by atoms with E-state index >= 15 is 0 Å². The van der Waals surface area contributed by atoms with Crippen LogP contribution in [0.3, 0.4) is 0 Å². The number of rotatable bonds is 0. The highest BCUT2D eigenvalue weighted by Crippen LogP contribution is 1.93. The number of hydrogen-bond acceptors (Lipinski definition) is 5. The van der Waals surface area contributed by atoms with Crippen molar-refractivity contribution in [2.45, 2.75) is 6.92 Å². The smallest absolute Gasteiger partial charge is 0.244 e. The molecule has 1 N–H and O–H groups in total. The van der Waals surface area contributed by atoms with Gasteiger partial charge in [-0.2, -0.15) is 5.10 Å². The third kappa shape index (κ3) is 0.704. The van der Waals surface area contributed by atoms with E-state index in [1.54, 1.807) is 6.92 Å². The van der Waals surface area contributed by atoms with E-state index in [4.69, 9.17) is 0 Å². The van der Waals surface area contributed by atoms with E-state index in [1.165, 1.54) is 0 Å². The Morgan fingerprint density at radius 1 is 1.55 bits per heavy atom. The highest BCUT2D eigenvalue weighted by atomic mass is 16.2. The second-order valence-electron chi connectivity index (χ2n) is 2.03. The monoisotopic (exact) mass is 152 g/mol. The second-order valence-corrected chi connectivity index (χ2v) is 2.03. The number of H-pyrrole nitrogens is 1. The molecule has 0 saturated carbocycles. The van der Waals surface area contributed by atoms with Crippen LogP contribution in [0, 0.1) is 6.92 Å². The van der Waals surface area contributed by atoms with Crippen molar-refractivity contribution in [3.8, 4) is 0 Å². The Kier molecular flexibility index (Phi) is 0.999. The Bertz CT molecular complexity index is 441. The fourth-order valence-corrected chi connectivity index (χ4v) is 0.779. The third-order valence-corrected chi connectivity index (χ3v) is 1.30. The molecule has 11 heavy (non-hydrogen) atoms. The average Bonchev–Trinajstić information content (AvgIpc) is 2.45. The molecule has 0 fully saturated rings. The summed E-state index contributed by atoms with van der Waals surface area (Å²) in [5.74, 6) is 0. The predicted molar refractivity (Wildman–Crippen MR) is 33.9 cm³/mol. The summed E-state index contributed by atoms with van der Waals surface area (Å²) in [6.07, 6.45) is 0. The lowest BCUT2D eigenvalue weighted by Gasteiger charge is -1.89. The molecule has 2 aromatic heterocycles. The molecule has 0 radical (unpaired) electrons. The van der Waals surface area contributed by atoms with Gasteiger partial charge in [-0.05, 0) is 17.4 Å². The molecule has 0 aliphatic heterocycles. The second kappa shape index (κ2) is 1.84. The number of aromatic nitrogens is 6. The molecule has 0 aliphatic rings. The molecule has 2 aromatic rings. The van der Waals surface area contributed by atoms with Crippen LogP contribution in [-0.4, -0.2) is 30.2 Å². The van der Waals surface area contributed by atoms with E-state index in [-0.39, 0.29) is 0 Å². The van der Waals surface area contributed by atoms with Crippen LogP contribution in [0.15, 0.2) is 4.79 Å². The zero-order valence-electron chi connectivity index (χ0n) is 5.64. The van der Waals surface area contributed by atoms with Gasteiger partial charge in [0, 0.05) is 0 Å². The van der Waals surface area contributed by atoms with Crippen molar-refractivity contribution in [1.82, 2.24) is 30.2 Å². The quantitative estimate of drug-likeness (QED) is 0.497. The molecule has 2 rings (SSSR count). The zero-order chi connectivity index (χ0) is 7.84. The number of fused-ring (bicyclic) bond motifs is 1. The predicted octanol–water partition coefficient (Wildman–Crippen LogP) is -1.48. The van der Waals surface area contributed by atoms with Crippen LogP contribution in [-0.2, 0) is 0 Å². The first-order valence-corrected chi connectivity index (χ1v) is 2.92. The van der Waals surface area contributed by atoms with Gasteiger partial charge in [0.2, 0.25) is 5.65 Å². The summed E-state index contributed by atoms with van der Waals surface area (Å²) >= 11 is 0. The maximum absolute atomic E-state index is 10.9. The van der Waals surface area contributed by atoms with Crippen LogP contribution in [0.2, 0.25) is 0 Å². The third-order valence-electron chi connectivity index (χ3n) is 1.30. The van der Waals surface area contributed by atoms with E-state index in [0.717, 1.165) is 4.52 Å². The van der Waals surface area contributed by atoms with Crippen molar-refractivity contribution in [2.24, 2.45) is 0 Å². The van der Waals surface area contributed by atoms with E-state index in [9.17, 15) is 4.79 Å². The van der Waals surface area contributed by atoms with Crippen molar-refractivity contribution in [3.63, 3.8) is 0 Å². The molecule has 7 heteroatoms. The summed E-state index contributed by atoms with van der Waals surface area (Å²) in [7, 11) is 0. The summed E-state index contributed by atoms with van der Waals surface area (Å²) in [5.41, 5.74) is 0.541. The Labute approximate surface area is 60.0 Å². The van der Waals surface area contributed by atoms with Gasteiger partial charge < -0.3 is 0 Å². The lowest BCUT2D eigenvalue weighted by molar-refractivity contribution is 0.750. The molecule has 0 saturated heterocycles. The Hall–Kier alpha value is -1.79. The highest BCUT2D eigenvalue weighted by Gasteiger charge is 2.03. The first kappa shape index (κ1) is 5.96. The molecular weight excluding hydrogens is 148 g/mol. The van der Waals surface area contributed by atoms with Crippen LogP contribution < -0.4 is 5.69 Å². The van der Waals surface area contributed by atoms with Crippen LogP contribution >= 0.6 is 0 Å². The molecule has 56 valence electrons. The van der Waals surface area contributed by atoms with Crippen molar-refractivity contribution < 1.29 is 0 Å². The zero-order valence-corrected chi connectivity index (χ0v) is 5.64. The molecule has 0 amide bonds. The number of nitrogens with one attached hydrogen (secondary N) is 1. The molecule has 0 aromatic carbocycles. The fraction of sp³-hybridized carbons (Fsp3) is 0.250. The van der Waals surface area contributed by atoms with Gasteiger partial charge in [-0.15, -0.1) is 9.61 Å². The van der Waals surface area contributed by atoms with Gasteiger partial charge in [-0.25, -0.2) is 9.89 Å². The van der Waals surface area contributed by atoms with Gasteiger partial charge >= 0.3 is 5.69 Å². The summed E-state index contributed by atoms with van der Waals surface area (Å²) in [5, 5.41) is 16.3. The minimum absolute atomic E-state index is 0.383. The van der Waals surface area contributed by atoms with Crippen molar-refractivity contribution in [2.75, 3.05) is 0 Å². The summed E-state index contributed by atoms with van der Waals surface area (Å²) in [4.78, 5) is 10.9. The van der Waals surface area contributed by atoms with E-state index in [1.807, 2.05) is 0 Å². The number of hydrogen-bond donors (Lipinski definition) is 1. The van der Waals surface area contributed by atoms with Crippen LogP contribution in [0.4, 0.5) is 0 Å². The van der Waals surface area contributed by atoms with Gasteiger partial charge in [-0.1, -0.05) is 0 Å². The first-order chi connectivity index (χ1) is 5.29. The fourth-order valence-electron chi connectivity index (χ4n) is 0.779. The van der Waals surface area contributed by atoms with E-state index < -0.39 is 5.69 Å². The first-order valence-electron chi connectivity index (χ1n) is 2.92. The lowest BCUT2D eigenvalue weighted by atomic mass is 10.5. The number of tetrazole rings is 1. The maximum Gasteiger partial charge on any atom is 0.366 e. The number of nitrogens with zero attached hydrogens (tertiary/aromatic N) is 5. The highest BCUT2D eigenvalue weighted by molar-refractivity contribution is 5.37. The summed E-state index contributed by atoms with van der Waals surface area (Å²) in [6, 6.07) is 0. The maximum atomic E-state index is 10.9. The number of aryl methyl sites for hydroxylation is 1. The van der Waals surface area contributed by atoms with Gasteiger partial charge in [-0.3, -0.25) is 0 Å². The summed E-state index contributed by atoms with van der Waals surface area (Å²) < 4.78 is 1.06. The largest absolute Gasteiger partial charge is 0.366 e. The molecule has 0 atom stereocenters. The number of aromatic amines is 1. The SMILES string of the molecule is Cc1n[nH]c(=O)n2nnnc12. The molecule has 0 spiro atoms. The lowest BCUT2D eigenvalue weighted by Crippen LogP contribution is -2.19. The Balaban J connectivity index is 3.08. The normalized spacial score (nSPS) is 10.6. The standard InChI is InChI=1S/C4H4N6O/c1-2-3-6-8-9-10(3)4(11)7-5-2/h1H3,(H,7,11). The Morgan fingerprint density at radius 3 is 3.09 bits per heavy atom.